The van der Waals surface area contributed by atoms with Gasteiger partial charge in [-0.3, -0.25) is 4.90 Å². The molecule has 2 heterocycles. The first kappa shape index (κ1) is 11.8. The summed E-state index contributed by atoms with van der Waals surface area (Å²) in [5.41, 5.74) is 1.21. The predicted molar refractivity (Wildman–Crippen MR) is 64.6 cm³/mol. The van der Waals surface area contributed by atoms with Crippen molar-refractivity contribution in [3.05, 3.63) is 29.0 Å². The number of pyridine rings is 1. The van der Waals surface area contributed by atoms with E-state index in [1.54, 1.807) is 0 Å². The molecule has 0 aromatic carbocycles. The monoisotopic (exact) mass is 240 g/mol. The first-order valence-electron chi connectivity index (χ1n) is 5.72. The van der Waals surface area contributed by atoms with E-state index >= 15 is 0 Å². The van der Waals surface area contributed by atoms with E-state index in [-0.39, 0.29) is 0 Å². The molecule has 1 saturated heterocycles. The van der Waals surface area contributed by atoms with E-state index in [1.807, 2.05) is 18.3 Å². The maximum Gasteiger partial charge on any atom is 0.129 e. The van der Waals surface area contributed by atoms with Crippen LogP contribution in [-0.2, 0) is 11.3 Å². The van der Waals surface area contributed by atoms with Crippen molar-refractivity contribution in [3.63, 3.8) is 0 Å². The third kappa shape index (κ3) is 2.94. The zero-order valence-electron chi connectivity index (χ0n) is 9.53. The van der Waals surface area contributed by atoms with Crippen molar-refractivity contribution < 1.29 is 4.74 Å². The van der Waals surface area contributed by atoms with Crippen molar-refractivity contribution >= 4 is 11.6 Å². The Morgan fingerprint density at radius 2 is 2.44 bits per heavy atom. The Balaban J connectivity index is 1.99. The molecule has 1 unspecified atom stereocenters. The fourth-order valence-corrected chi connectivity index (χ4v) is 2.12. The van der Waals surface area contributed by atoms with Gasteiger partial charge in [-0.05, 0) is 18.1 Å². The molecular weight excluding hydrogens is 224 g/mol. The molecule has 0 spiro atoms. The molecule has 1 fully saturated rings. The lowest BCUT2D eigenvalue weighted by atomic mass is 10.1. The molecule has 88 valence electrons. The number of ether oxygens (including phenoxy) is 1. The smallest absolute Gasteiger partial charge is 0.129 e. The van der Waals surface area contributed by atoms with Gasteiger partial charge in [0.2, 0.25) is 0 Å². The number of morpholine rings is 1. The summed E-state index contributed by atoms with van der Waals surface area (Å²) in [6.45, 7) is 5.81. The van der Waals surface area contributed by atoms with E-state index in [1.165, 1.54) is 5.56 Å². The third-order valence-electron chi connectivity index (χ3n) is 3.00. The van der Waals surface area contributed by atoms with Gasteiger partial charge in [-0.1, -0.05) is 24.6 Å². The molecule has 1 atom stereocenters. The minimum atomic E-state index is 0.532. The largest absolute Gasteiger partial charge is 0.378 e. The second-order valence-electron chi connectivity index (χ2n) is 4.10. The molecule has 4 heteroatoms. The Morgan fingerprint density at radius 1 is 1.56 bits per heavy atom. The average Bonchev–Trinajstić information content (AvgIpc) is 2.33. The van der Waals surface area contributed by atoms with Crippen LogP contribution in [0.15, 0.2) is 18.3 Å². The van der Waals surface area contributed by atoms with Gasteiger partial charge >= 0.3 is 0 Å². The summed E-state index contributed by atoms with van der Waals surface area (Å²) in [4.78, 5) is 6.56. The fraction of sp³-hybridized carbons (Fsp3) is 0.583. The van der Waals surface area contributed by atoms with Crippen LogP contribution in [0.3, 0.4) is 0 Å². The lowest BCUT2D eigenvalue weighted by molar-refractivity contribution is -0.0127. The summed E-state index contributed by atoms with van der Waals surface area (Å²) in [7, 11) is 0. The van der Waals surface area contributed by atoms with E-state index in [4.69, 9.17) is 16.3 Å². The van der Waals surface area contributed by atoms with E-state index in [0.717, 1.165) is 32.7 Å². The highest BCUT2D eigenvalue weighted by Crippen LogP contribution is 2.15. The van der Waals surface area contributed by atoms with Gasteiger partial charge in [0, 0.05) is 25.3 Å². The van der Waals surface area contributed by atoms with E-state index in [2.05, 4.69) is 16.8 Å². The summed E-state index contributed by atoms with van der Waals surface area (Å²) in [5.74, 6) is 0. The number of halogens is 1. The summed E-state index contributed by atoms with van der Waals surface area (Å²) in [6.07, 6.45) is 2.98. The molecule has 0 saturated carbocycles. The van der Waals surface area contributed by atoms with Crippen molar-refractivity contribution in [2.75, 3.05) is 19.8 Å². The molecule has 1 aromatic heterocycles. The lowest BCUT2D eigenvalue weighted by Gasteiger charge is -2.34. The average molecular weight is 241 g/mol. The van der Waals surface area contributed by atoms with Crippen LogP contribution in [0.25, 0.3) is 0 Å². The fourth-order valence-electron chi connectivity index (χ4n) is 2.01. The van der Waals surface area contributed by atoms with Crippen molar-refractivity contribution in [1.29, 1.82) is 0 Å². The normalized spacial score (nSPS) is 22.2. The standard InChI is InChI=1S/C12H17ClN2O/c1-2-11-9-16-6-5-15(11)8-10-3-4-12(13)14-7-10/h3-4,7,11H,2,5-6,8-9H2,1H3. The lowest BCUT2D eigenvalue weighted by Crippen LogP contribution is -2.44. The zero-order chi connectivity index (χ0) is 11.4. The molecule has 16 heavy (non-hydrogen) atoms. The molecule has 0 aliphatic carbocycles. The van der Waals surface area contributed by atoms with Gasteiger partial charge in [0.1, 0.15) is 5.15 Å². The van der Waals surface area contributed by atoms with Gasteiger partial charge in [-0.25, -0.2) is 4.98 Å². The number of aromatic nitrogens is 1. The molecule has 0 N–H and O–H groups in total. The quantitative estimate of drug-likeness (QED) is 0.759. The Morgan fingerprint density at radius 3 is 3.12 bits per heavy atom. The maximum absolute atomic E-state index is 5.77. The van der Waals surface area contributed by atoms with Crippen LogP contribution in [0.5, 0.6) is 0 Å². The summed E-state index contributed by atoms with van der Waals surface area (Å²) >= 11 is 5.77. The Bertz CT molecular complexity index is 328. The molecule has 2 rings (SSSR count). The molecule has 1 aliphatic heterocycles. The van der Waals surface area contributed by atoms with E-state index in [0.29, 0.717) is 11.2 Å². The number of nitrogens with zero attached hydrogens (tertiary/aromatic N) is 2. The molecule has 0 bridgehead atoms. The molecule has 0 amide bonds. The minimum Gasteiger partial charge on any atom is -0.378 e. The Labute approximate surface area is 101 Å². The minimum absolute atomic E-state index is 0.532. The molecule has 0 radical (unpaired) electrons. The first-order chi connectivity index (χ1) is 7.79. The van der Waals surface area contributed by atoms with Crippen molar-refractivity contribution in [2.24, 2.45) is 0 Å². The van der Waals surface area contributed by atoms with Gasteiger partial charge in [0.15, 0.2) is 0 Å². The molecular formula is C12H17ClN2O. The van der Waals surface area contributed by atoms with Gasteiger partial charge < -0.3 is 4.74 Å². The van der Waals surface area contributed by atoms with E-state index in [9.17, 15) is 0 Å². The predicted octanol–water partition coefficient (Wildman–Crippen LogP) is 2.35. The maximum atomic E-state index is 5.77. The van der Waals surface area contributed by atoms with Crippen molar-refractivity contribution in [1.82, 2.24) is 9.88 Å². The van der Waals surface area contributed by atoms with Crippen LogP contribution in [0.2, 0.25) is 5.15 Å². The highest BCUT2D eigenvalue weighted by atomic mass is 35.5. The van der Waals surface area contributed by atoms with Crippen LogP contribution < -0.4 is 0 Å². The molecule has 3 nitrogen and oxygen atoms in total. The molecule has 1 aromatic rings. The van der Waals surface area contributed by atoms with Gasteiger partial charge in [-0.15, -0.1) is 0 Å². The third-order valence-corrected chi connectivity index (χ3v) is 3.22. The van der Waals surface area contributed by atoms with Crippen LogP contribution >= 0.6 is 11.6 Å². The highest BCUT2D eigenvalue weighted by Gasteiger charge is 2.21. The Hall–Kier alpha value is -0.640. The number of hydrogen-bond acceptors (Lipinski definition) is 3. The summed E-state index contributed by atoms with van der Waals surface area (Å²) < 4.78 is 5.48. The summed E-state index contributed by atoms with van der Waals surface area (Å²) in [5, 5.41) is 0.553. The van der Waals surface area contributed by atoms with Crippen LogP contribution in [-0.4, -0.2) is 35.7 Å². The first-order valence-corrected chi connectivity index (χ1v) is 6.09. The van der Waals surface area contributed by atoms with Crippen LogP contribution in [0.1, 0.15) is 18.9 Å². The van der Waals surface area contributed by atoms with Crippen molar-refractivity contribution in [2.45, 2.75) is 25.9 Å². The van der Waals surface area contributed by atoms with Gasteiger partial charge in [0.25, 0.3) is 0 Å². The van der Waals surface area contributed by atoms with Crippen molar-refractivity contribution in [3.8, 4) is 0 Å². The van der Waals surface area contributed by atoms with Crippen LogP contribution in [0, 0.1) is 0 Å². The van der Waals surface area contributed by atoms with Crippen LogP contribution in [0.4, 0.5) is 0 Å². The van der Waals surface area contributed by atoms with Gasteiger partial charge in [0.05, 0.1) is 13.2 Å². The van der Waals surface area contributed by atoms with E-state index < -0.39 is 0 Å². The highest BCUT2D eigenvalue weighted by molar-refractivity contribution is 6.29. The SMILES string of the molecule is CCC1COCCN1Cc1ccc(Cl)nc1. The summed E-state index contributed by atoms with van der Waals surface area (Å²) in [6, 6.07) is 4.42. The second kappa shape index (κ2) is 5.62. The zero-order valence-corrected chi connectivity index (χ0v) is 10.3. The number of hydrogen-bond donors (Lipinski definition) is 0. The Kier molecular flexibility index (Phi) is 4.16. The topological polar surface area (TPSA) is 25.4 Å². The second-order valence-corrected chi connectivity index (χ2v) is 4.48. The molecule has 1 aliphatic rings. The van der Waals surface area contributed by atoms with Gasteiger partial charge in [-0.2, -0.15) is 0 Å². The number of rotatable bonds is 3.